The molecule has 0 saturated carbocycles. The minimum Gasteiger partial charge on any atom is -0.492 e. The van der Waals surface area contributed by atoms with Crippen molar-refractivity contribution >= 4 is 11.9 Å². The molecule has 0 amide bonds. The first kappa shape index (κ1) is 22.0. The lowest BCUT2D eigenvalue weighted by atomic mass is 10.0. The van der Waals surface area contributed by atoms with Crippen LogP contribution in [0.2, 0.25) is 0 Å². The summed E-state index contributed by atoms with van der Waals surface area (Å²) in [6, 6.07) is 16.3. The van der Waals surface area contributed by atoms with Crippen molar-refractivity contribution < 1.29 is 23.8 Å². The van der Waals surface area contributed by atoms with Crippen LogP contribution in [0.1, 0.15) is 20.8 Å². The molecule has 1 heterocycles. The van der Waals surface area contributed by atoms with Crippen molar-refractivity contribution in [2.75, 3.05) is 41.5 Å². The highest BCUT2D eigenvalue weighted by Gasteiger charge is 2.32. The van der Waals surface area contributed by atoms with E-state index in [0.29, 0.717) is 30.2 Å². The summed E-state index contributed by atoms with van der Waals surface area (Å²) in [5.74, 6) is -0.849. The van der Waals surface area contributed by atoms with Crippen molar-refractivity contribution in [3.8, 4) is 22.7 Å². The first-order chi connectivity index (χ1) is 15.0. The predicted molar refractivity (Wildman–Crippen MR) is 116 cm³/mol. The molecule has 0 aliphatic rings. The highest BCUT2D eigenvalue weighted by Crippen LogP contribution is 2.34. The van der Waals surface area contributed by atoms with E-state index in [9.17, 15) is 9.59 Å². The summed E-state index contributed by atoms with van der Waals surface area (Å²) in [4.78, 5) is 27.5. The van der Waals surface area contributed by atoms with Gasteiger partial charge >= 0.3 is 11.9 Å². The molecule has 0 saturated heterocycles. The summed E-state index contributed by atoms with van der Waals surface area (Å²) in [5.41, 5.74) is 1.45. The van der Waals surface area contributed by atoms with Crippen LogP contribution in [0, 0.1) is 0 Å². The van der Waals surface area contributed by atoms with E-state index < -0.39 is 11.9 Å². The van der Waals surface area contributed by atoms with Crippen LogP contribution in [0.25, 0.3) is 16.9 Å². The van der Waals surface area contributed by atoms with E-state index in [1.165, 1.54) is 18.9 Å². The van der Waals surface area contributed by atoms with Gasteiger partial charge in [0, 0.05) is 12.1 Å². The number of carbonyl (C=O) groups is 2. The third-order valence-corrected chi connectivity index (χ3v) is 4.59. The quantitative estimate of drug-likeness (QED) is 0.515. The van der Waals surface area contributed by atoms with Gasteiger partial charge in [-0.1, -0.05) is 30.3 Å². The molecule has 2 aromatic carbocycles. The van der Waals surface area contributed by atoms with E-state index in [2.05, 4.69) is 5.10 Å². The molecule has 0 radical (unpaired) electrons. The van der Waals surface area contributed by atoms with E-state index in [4.69, 9.17) is 14.2 Å². The highest BCUT2D eigenvalue weighted by molar-refractivity contribution is 6.07. The Labute approximate surface area is 180 Å². The molecule has 0 aliphatic heterocycles. The van der Waals surface area contributed by atoms with Gasteiger partial charge in [0.05, 0.1) is 19.9 Å². The van der Waals surface area contributed by atoms with Gasteiger partial charge in [-0.15, -0.1) is 0 Å². The normalized spacial score (nSPS) is 10.7. The van der Waals surface area contributed by atoms with Crippen LogP contribution in [0.5, 0.6) is 5.75 Å². The minimum absolute atomic E-state index is 0.0151. The van der Waals surface area contributed by atoms with Gasteiger partial charge in [-0.25, -0.2) is 14.3 Å². The first-order valence-corrected chi connectivity index (χ1v) is 9.70. The number of methoxy groups -OCH3 is 2. The number of esters is 2. The van der Waals surface area contributed by atoms with Crippen LogP contribution >= 0.6 is 0 Å². The Morgan fingerprint density at radius 3 is 2.23 bits per heavy atom. The summed E-state index contributed by atoms with van der Waals surface area (Å²) in [5, 5.41) is 4.62. The second kappa shape index (κ2) is 9.90. The number of aromatic nitrogens is 2. The fraction of sp³-hybridized carbons (Fsp3) is 0.261. The van der Waals surface area contributed by atoms with Gasteiger partial charge in [0.2, 0.25) is 0 Å². The third kappa shape index (κ3) is 4.75. The van der Waals surface area contributed by atoms with Crippen molar-refractivity contribution in [1.29, 1.82) is 0 Å². The highest BCUT2D eigenvalue weighted by atomic mass is 16.5. The van der Waals surface area contributed by atoms with Gasteiger partial charge < -0.3 is 19.1 Å². The summed E-state index contributed by atoms with van der Waals surface area (Å²) in [6.07, 6.45) is 0. The monoisotopic (exact) mass is 423 g/mol. The van der Waals surface area contributed by atoms with Crippen LogP contribution in [0.15, 0.2) is 54.6 Å². The summed E-state index contributed by atoms with van der Waals surface area (Å²) >= 11 is 0. The number of benzene rings is 2. The molecule has 0 unspecified atom stereocenters. The molecular weight excluding hydrogens is 398 g/mol. The number of hydrogen-bond acceptors (Lipinski definition) is 7. The van der Waals surface area contributed by atoms with Gasteiger partial charge in [0.1, 0.15) is 23.6 Å². The lowest BCUT2D eigenvalue weighted by Gasteiger charge is -2.13. The average molecular weight is 423 g/mol. The molecule has 0 spiro atoms. The first-order valence-electron chi connectivity index (χ1n) is 9.70. The SMILES string of the molecule is COC(=O)c1c(-c2ccccc2OCCN(C)C)nn(-c2ccccc2)c1C(=O)OC. The van der Waals surface area contributed by atoms with E-state index >= 15 is 0 Å². The summed E-state index contributed by atoms with van der Waals surface area (Å²) in [7, 11) is 6.42. The van der Waals surface area contributed by atoms with Gasteiger partial charge in [-0.3, -0.25) is 0 Å². The summed E-state index contributed by atoms with van der Waals surface area (Å²) in [6.45, 7) is 1.16. The number of carbonyl (C=O) groups excluding carboxylic acids is 2. The van der Waals surface area contributed by atoms with Gasteiger partial charge in [0.15, 0.2) is 5.69 Å². The number of ether oxygens (including phenoxy) is 3. The Balaban J connectivity index is 2.23. The van der Waals surface area contributed by atoms with E-state index in [-0.39, 0.29) is 17.0 Å². The molecule has 8 nitrogen and oxygen atoms in total. The Morgan fingerprint density at radius 1 is 0.935 bits per heavy atom. The zero-order valence-electron chi connectivity index (χ0n) is 18.0. The molecule has 1 aromatic heterocycles. The lowest BCUT2D eigenvalue weighted by molar-refractivity contribution is 0.0549. The van der Waals surface area contributed by atoms with Crippen LogP contribution in [-0.2, 0) is 9.47 Å². The minimum atomic E-state index is -0.700. The molecule has 0 atom stereocenters. The maximum Gasteiger partial charge on any atom is 0.357 e. The molecule has 3 rings (SSSR count). The largest absolute Gasteiger partial charge is 0.492 e. The fourth-order valence-corrected chi connectivity index (χ4v) is 3.07. The Morgan fingerprint density at radius 2 is 1.58 bits per heavy atom. The van der Waals surface area contributed by atoms with E-state index in [0.717, 1.165) is 0 Å². The maximum absolute atomic E-state index is 12.8. The van der Waals surface area contributed by atoms with Crippen LogP contribution in [0.3, 0.4) is 0 Å². The number of nitrogens with zero attached hydrogens (tertiary/aromatic N) is 3. The molecular formula is C23H25N3O5. The Hall–Kier alpha value is -3.65. The molecule has 0 aliphatic carbocycles. The van der Waals surface area contributed by atoms with Crippen molar-refractivity contribution in [3.63, 3.8) is 0 Å². The molecule has 0 N–H and O–H groups in total. The van der Waals surface area contributed by atoms with Gasteiger partial charge in [-0.2, -0.15) is 5.10 Å². The Kier molecular flexibility index (Phi) is 7.04. The number of hydrogen-bond donors (Lipinski definition) is 0. The number of para-hydroxylation sites is 2. The number of rotatable bonds is 8. The molecule has 3 aromatic rings. The molecule has 31 heavy (non-hydrogen) atoms. The van der Waals surface area contributed by atoms with Gasteiger partial charge in [-0.05, 0) is 38.4 Å². The zero-order valence-corrected chi connectivity index (χ0v) is 18.0. The van der Waals surface area contributed by atoms with Crippen molar-refractivity contribution in [1.82, 2.24) is 14.7 Å². The second-order valence-corrected chi connectivity index (χ2v) is 6.95. The second-order valence-electron chi connectivity index (χ2n) is 6.95. The van der Waals surface area contributed by atoms with Crippen LogP contribution in [0.4, 0.5) is 0 Å². The average Bonchev–Trinajstić information content (AvgIpc) is 3.19. The third-order valence-electron chi connectivity index (χ3n) is 4.59. The molecule has 0 bridgehead atoms. The topological polar surface area (TPSA) is 82.9 Å². The van der Waals surface area contributed by atoms with Crippen molar-refractivity contribution in [2.24, 2.45) is 0 Å². The van der Waals surface area contributed by atoms with Crippen molar-refractivity contribution in [2.45, 2.75) is 0 Å². The summed E-state index contributed by atoms with van der Waals surface area (Å²) < 4.78 is 17.3. The zero-order chi connectivity index (χ0) is 22.4. The van der Waals surface area contributed by atoms with Crippen LogP contribution < -0.4 is 4.74 Å². The number of likely N-dealkylation sites (N-methyl/N-ethyl adjacent to an activating group) is 1. The predicted octanol–water partition coefficient (Wildman–Crippen LogP) is 3.05. The smallest absolute Gasteiger partial charge is 0.357 e. The van der Waals surface area contributed by atoms with E-state index in [1.807, 2.05) is 49.3 Å². The molecule has 8 heteroatoms. The van der Waals surface area contributed by atoms with E-state index in [1.54, 1.807) is 24.3 Å². The standard InChI is InChI=1S/C23H25N3O5/c1-25(2)14-15-31-18-13-9-8-12-17(18)20-19(22(27)29-3)21(23(28)30-4)26(24-20)16-10-6-5-7-11-16/h5-13H,14-15H2,1-4H3. The van der Waals surface area contributed by atoms with Crippen molar-refractivity contribution in [3.05, 3.63) is 65.9 Å². The fourth-order valence-electron chi connectivity index (χ4n) is 3.07. The Bertz CT molecular complexity index is 1060. The lowest BCUT2D eigenvalue weighted by Crippen LogP contribution is -2.19. The van der Waals surface area contributed by atoms with Crippen LogP contribution in [-0.4, -0.2) is 68.1 Å². The molecule has 0 fully saturated rings. The molecule has 162 valence electrons. The van der Waals surface area contributed by atoms with Gasteiger partial charge in [0.25, 0.3) is 0 Å². The maximum atomic E-state index is 12.8.